The first-order valence-electron chi connectivity index (χ1n) is 6.97. The molecule has 0 atom stereocenters. The summed E-state index contributed by atoms with van der Waals surface area (Å²) in [6.07, 6.45) is -6.51. The number of carbonyl (C=O) groups is 2. The summed E-state index contributed by atoms with van der Waals surface area (Å²) in [4.78, 5) is 20.6. The summed E-state index contributed by atoms with van der Waals surface area (Å²) in [7, 11) is -8.77. The maximum absolute atomic E-state index is 11.5. The molecule has 0 unspecified atom stereocenters. The zero-order valence-electron chi connectivity index (χ0n) is 15.7. The van der Waals surface area contributed by atoms with Crippen molar-refractivity contribution < 1.29 is 48.7 Å². The number of ketones is 1. The zero-order chi connectivity index (χ0) is 21.4. The van der Waals surface area contributed by atoms with Crippen molar-refractivity contribution in [3.8, 4) is 0 Å². The van der Waals surface area contributed by atoms with Crippen molar-refractivity contribution in [2.75, 3.05) is 18.1 Å². The molecule has 0 bridgehead atoms. The average Bonchev–Trinajstić information content (AvgIpc) is 2.31. The number of alkyl halides is 3. The second kappa shape index (κ2) is 15.1. The summed E-state index contributed by atoms with van der Waals surface area (Å²) in [5.41, 5.74) is -0.716. The fraction of sp³-hybridized carbons (Fsp3) is 0.833. The monoisotopic (exact) mass is 507 g/mol. The van der Waals surface area contributed by atoms with Crippen LogP contribution in [0.5, 0.6) is 0 Å². The van der Waals surface area contributed by atoms with Gasteiger partial charge in [-0.3, -0.25) is 9.59 Å². The van der Waals surface area contributed by atoms with E-state index >= 15 is 0 Å². The Labute approximate surface area is 222 Å². The third-order valence-corrected chi connectivity index (χ3v) is 4.42. The van der Waals surface area contributed by atoms with Gasteiger partial charge >= 0.3 is 81.7 Å². The van der Waals surface area contributed by atoms with Gasteiger partial charge in [0.1, 0.15) is 0 Å². The average molecular weight is 508 g/mol. The number of carbonyl (C=O) groups excluding carboxylic acids is 2. The molecule has 16 heteroatoms. The van der Waals surface area contributed by atoms with Crippen LogP contribution in [-0.4, -0.2) is 137 Å². The van der Waals surface area contributed by atoms with Gasteiger partial charge in [-0.15, -0.1) is 0 Å². The molecule has 0 aromatic heterocycles. The maximum atomic E-state index is 11.5. The van der Waals surface area contributed by atoms with Crippen LogP contribution in [0.15, 0.2) is 0 Å². The molecule has 1 amide bonds. The number of halogens is 3. The van der Waals surface area contributed by atoms with Crippen molar-refractivity contribution in [3.63, 3.8) is 0 Å². The third-order valence-electron chi connectivity index (χ3n) is 2.50. The van der Waals surface area contributed by atoms with Crippen molar-refractivity contribution >= 4 is 107 Å². The maximum Gasteiger partial charge on any atom is 2.00 e. The predicted molar refractivity (Wildman–Crippen MR) is 93.4 cm³/mol. The van der Waals surface area contributed by atoms with Crippen LogP contribution in [0.2, 0.25) is 0 Å². The van der Waals surface area contributed by atoms with Crippen LogP contribution in [0, 0.1) is 5.41 Å². The Morgan fingerprint density at radius 3 is 1.68 bits per heavy atom. The molecule has 0 fully saturated rings. The van der Waals surface area contributed by atoms with Gasteiger partial charge in [-0.05, 0) is 11.8 Å². The van der Waals surface area contributed by atoms with Crippen LogP contribution in [0.4, 0.5) is 13.2 Å². The summed E-state index contributed by atoms with van der Waals surface area (Å²) < 4.78 is 95.5. The molecule has 0 aliphatic heterocycles. The molecule has 0 heterocycles. The van der Waals surface area contributed by atoms with Gasteiger partial charge < -0.3 is 14.4 Å². The van der Waals surface area contributed by atoms with Crippen LogP contribution in [0.25, 0.3) is 0 Å². The minimum absolute atomic E-state index is 0. The van der Waals surface area contributed by atoms with E-state index in [0.29, 0.717) is 0 Å². The molecule has 0 aliphatic rings. The summed E-state index contributed by atoms with van der Waals surface area (Å²) in [6, 6.07) is 0. The molecule has 156 valence electrons. The Balaban J connectivity index is -0.000000192. The Hall–Kier alpha value is 1.27. The normalized spacial score (nSPS) is 11.9. The Bertz CT molecular complexity index is 694. The van der Waals surface area contributed by atoms with E-state index in [2.05, 4.69) is 5.32 Å². The molecule has 0 rings (SSSR count). The number of amides is 1. The summed E-state index contributed by atoms with van der Waals surface area (Å²) >= 11 is 0. The molecular formula is C12H20Ca2F3NO8S2+2. The molecule has 0 aromatic carbocycles. The van der Waals surface area contributed by atoms with Gasteiger partial charge in [-0.2, -0.15) is 13.2 Å². The van der Waals surface area contributed by atoms with Crippen molar-refractivity contribution in [1.29, 1.82) is 0 Å². The van der Waals surface area contributed by atoms with Crippen LogP contribution in [0.3, 0.4) is 0 Å². The number of hydrogen-bond donors (Lipinski definition) is 1. The van der Waals surface area contributed by atoms with E-state index < -0.39 is 62.0 Å². The molecule has 0 saturated heterocycles. The molecule has 28 heavy (non-hydrogen) atoms. The third kappa shape index (κ3) is 27.3. The van der Waals surface area contributed by atoms with Crippen molar-refractivity contribution in [2.24, 2.45) is 5.41 Å². The summed E-state index contributed by atoms with van der Waals surface area (Å²) in [5.74, 6) is -3.68. The summed E-state index contributed by atoms with van der Waals surface area (Å²) in [5, 5.41) is 2.47. The van der Waals surface area contributed by atoms with Gasteiger partial charge in [0.15, 0.2) is 0 Å². The van der Waals surface area contributed by atoms with E-state index in [9.17, 15) is 48.7 Å². The molecule has 0 spiro atoms. The van der Waals surface area contributed by atoms with Gasteiger partial charge in [0, 0.05) is 31.4 Å². The van der Waals surface area contributed by atoms with Crippen LogP contribution < -0.4 is 5.32 Å². The van der Waals surface area contributed by atoms with E-state index in [4.69, 9.17) is 0 Å². The molecule has 0 saturated carbocycles. The molecule has 1 N–H and O–H groups in total. The molecular weight excluding hydrogens is 487 g/mol. The predicted octanol–water partition coefficient (Wildman–Crippen LogP) is -0.624. The van der Waals surface area contributed by atoms with Crippen molar-refractivity contribution in [3.05, 3.63) is 0 Å². The van der Waals surface area contributed by atoms with E-state index in [0.717, 1.165) is 0 Å². The Morgan fingerprint density at radius 1 is 0.964 bits per heavy atom. The minimum atomic E-state index is -4.95. The molecule has 9 nitrogen and oxygen atoms in total. The molecule has 0 aromatic rings. The van der Waals surface area contributed by atoms with Gasteiger partial charge in [0.2, 0.25) is 11.7 Å². The molecule has 0 aliphatic carbocycles. The summed E-state index contributed by atoms with van der Waals surface area (Å²) in [6.45, 7) is 4.74. The first kappa shape index (κ1) is 36.6. The Kier molecular flexibility index (Phi) is 19.8. The number of nitrogens with one attached hydrogen (secondary N) is 1. The smallest absolute Gasteiger partial charge is 0.748 e. The topological polar surface area (TPSA) is 161 Å². The van der Waals surface area contributed by atoms with Gasteiger partial charge in [-0.25, -0.2) is 16.8 Å². The minimum Gasteiger partial charge on any atom is -0.748 e. The van der Waals surface area contributed by atoms with Crippen LogP contribution in [-0.2, 0) is 29.8 Å². The first-order chi connectivity index (χ1) is 11.3. The van der Waals surface area contributed by atoms with Gasteiger partial charge in [0.05, 0.1) is 20.2 Å². The van der Waals surface area contributed by atoms with E-state index in [1.807, 2.05) is 0 Å². The van der Waals surface area contributed by atoms with E-state index in [1.54, 1.807) is 13.8 Å². The first-order valence-corrected chi connectivity index (χ1v) is 10.1. The number of Topliss-reactive ketones (excluding diaryl/α,β-unsaturated/α-hetero) is 1. The SMILES string of the molecule is CC(=O)NCC(C)(C)CS(=O)(=O)[O-].O=C(CCCS(=O)(=O)[O-])C(F)(F)F.[Ca+2].[Ca+2]. The second-order valence-corrected chi connectivity index (χ2v) is 8.99. The Morgan fingerprint density at radius 2 is 1.39 bits per heavy atom. The standard InChI is InChI=1S/C7H15NO4S.C5H7F3O4S.2Ca/c1-6(9)8-4-7(2,3)5-13(10,11)12;6-5(7,8)4(9)2-1-3-13(10,11)12;;/h4-5H2,1-3H3,(H,8,9)(H,10,11,12);1-3H2,(H,10,11,12);;/q;;2*+2/p-2. The van der Waals surface area contributed by atoms with E-state index in [-0.39, 0.29) is 87.9 Å². The van der Waals surface area contributed by atoms with Gasteiger partial charge in [-0.1, -0.05) is 13.8 Å². The zero-order valence-corrected chi connectivity index (χ0v) is 21.7. The quantitative estimate of drug-likeness (QED) is 0.336. The van der Waals surface area contributed by atoms with Gasteiger partial charge in [0.25, 0.3) is 0 Å². The largest absolute Gasteiger partial charge is 2.00 e. The van der Waals surface area contributed by atoms with Crippen LogP contribution in [0.1, 0.15) is 33.6 Å². The second-order valence-electron chi connectivity index (χ2n) is 6.06. The van der Waals surface area contributed by atoms with Crippen molar-refractivity contribution in [1.82, 2.24) is 5.32 Å². The fourth-order valence-corrected chi connectivity index (χ4v) is 3.00. The van der Waals surface area contributed by atoms with Crippen LogP contribution >= 0.6 is 0 Å². The molecule has 0 radical (unpaired) electrons. The van der Waals surface area contributed by atoms with E-state index in [1.165, 1.54) is 6.92 Å². The number of hydrogen-bond acceptors (Lipinski definition) is 8. The van der Waals surface area contributed by atoms with Crippen molar-refractivity contribution in [2.45, 2.75) is 39.8 Å². The fourth-order valence-electron chi connectivity index (χ4n) is 1.44. The number of rotatable bonds is 8.